The van der Waals surface area contributed by atoms with Crippen molar-refractivity contribution < 1.29 is 16.8 Å². The van der Waals surface area contributed by atoms with Crippen LogP contribution in [0, 0.1) is 0 Å². The number of aromatic nitrogens is 2. The van der Waals surface area contributed by atoms with Crippen LogP contribution in [-0.2, 0) is 32.8 Å². The average molecular weight is 348 g/mol. The average Bonchev–Trinajstić information content (AvgIpc) is 2.70. The van der Waals surface area contributed by atoms with Crippen LogP contribution in [0.1, 0.15) is 5.56 Å². The van der Waals surface area contributed by atoms with Crippen LogP contribution in [0.3, 0.4) is 0 Å². The lowest BCUT2D eigenvalue weighted by Gasteiger charge is -1.98. The lowest BCUT2D eigenvalue weighted by atomic mass is 10.2. The van der Waals surface area contributed by atoms with Gasteiger partial charge in [-0.25, -0.2) is 26.7 Å². The molecule has 2 aromatic rings. The van der Waals surface area contributed by atoms with E-state index in [0.717, 1.165) is 4.68 Å². The van der Waals surface area contributed by atoms with Crippen molar-refractivity contribution in [1.29, 1.82) is 0 Å². The number of benzene rings is 1. The molecule has 0 aliphatic rings. The van der Waals surface area contributed by atoms with E-state index in [1.165, 1.54) is 7.05 Å². The minimum Gasteiger partial charge on any atom is -0.239 e. The standard InChI is InChI=1S/C10H12N4O4S3/c1-14-9(19-10(12-14)21(11,17)18)13-20(15,16)7-8-5-3-2-4-6-8/h2-6H,7H2,1H3,(H2,11,17,18)/b13-9-. The molecular weight excluding hydrogens is 336 g/mol. The van der Waals surface area contributed by atoms with E-state index in [0.29, 0.717) is 16.9 Å². The Labute approximate surface area is 125 Å². The van der Waals surface area contributed by atoms with Gasteiger partial charge in [0.1, 0.15) is 0 Å². The minimum absolute atomic E-state index is 0.0602. The van der Waals surface area contributed by atoms with E-state index in [1.807, 2.05) is 0 Å². The first kappa shape index (κ1) is 15.8. The molecule has 0 aliphatic carbocycles. The molecule has 11 heteroatoms. The van der Waals surface area contributed by atoms with Gasteiger partial charge in [-0.1, -0.05) is 41.7 Å². The molecule has 2 rings (SSSR count). The van der Waals surface area contributed by atoms with Crippen molar-refractivity contribution in [2.75, 3.05) is 0 Å². The van der Waals surface area contributed by atoms with E-state index in [-0.39, 0.29) is 10.6 Å². The van der Waals surface area contributed by atoms with Crippen molar-refractivity contribution in [3.63, 3.8) is 0 Å². The first-order valence-corrected chi connectivity index (χ1v) is 9.54. The maximum Gasteiger partial charge on any atom is 0.267 e. The molecule has 0 saturated carbocycles. The van der Waals surface area contributed by atoms with Gasteiger partial charge in [-0.05, 0) is 5.56 Å². The van der Waals surface area contributed by atoms with Crippen molar-refractivity contribution in [3.05, 3.63) is 40.7 Å². The highest BCUT2D eigenvalue weighted by Gasteiger charge is 2.16. The molecule has 1 heterocycles. The molecule has 0 atom stereocenters. The predicted octanol–water partition coefficient (Wildman–Crippen LogP) is -0.440. The second-order valence-electron chi connectivity index (χ2n) is 4.12. The fourth-order valence-electron chi connectivity index (χ4n) is 1.46. The summed E-state index contributed by atoms with van der Waals surface area (Å²) in [5, 5.41) is 8.58. The van der Waals surface area contributed by atoms with Crippen LogP contribution in [0.15, 0.2) is 39.1 Å². The number of rotatable bonds is 4. The molecule has 0 aliphatic heterocycles. The summed E-state index contributed by atoms with van der Waals surface area (Å²) in [5.41, 5.74) is 0.583. The highest BCUT2D eigenvalue weighted by atomic mass is 32.2. The van der Waals surface area contributed by atoms with Crippen LogP contribution in [-0.4, -0.2) is 26.6 Å². The molecule has 0 saturated heterocycles. The zero-order valence-electron chi connectivity index (χ0n) is 10.9. The summed E-state index contributed by atoms with van der Waals surface area (Å²) in [4.78, 5) is -0.0602. The van der Waals surface area contributed by atoms with Crippen molar-refractivity contribution in [1.82, 2.24) is 9.78 Å². The zero-order chi connectivity index (χ0) is 15.7. The SMILES string of the molecule is Cn1nc(S(N)(=O)=O)s/c1=N\S(=O)(=O)Cc1ccccc1. The number of hydrogen-bond acceptors (Lipinski definition) is 6. The number of sulfonamides is 2. The molecule has 0 unspecified atom stereocenters. The zero-order valence-corrected chi connectivity index (χ0v) is 13.3. The number of hydrogen-bond donors (Lipinski definition) is 1. The van der Waals surface area contributed by atoms with Gasteiger partial charge >= 0.3 is 0 Å². The van der Waals surface area contributed by atoms with Gasteiger partial charge in [0.25, 0.3) is 20.0 Å². The predicted molar refractivity (Wildman–Crippen MR) is 77.1 cm³/mol. The molecule has 0 bridgehead atoms. The number of nitrogens with two attached hydrogens (primary N) is 1. The Balaban J connectivity index is 2.41. The number of nitrogens with zero attached hydrogens (tertiary/aromatic N) is 3. The minimum atomic E-state index is -3.99. The maximum atomic E-state index is 12.0. The second-order valence-corrected chi connectivity index (χ2v) is 8.45. The fourth-order valence-corrected chi connectivity index (χ4v) is 4.40. The van der Waals surface area contributed by atoms with Crippen LogP contribution < -0.4 is 9.94 Å². The summed E-state index contributed by atoms with van der Waals surface area (Å²) in [6, 6.07) is 8.53. The molecule has 114 valence electrons. The van der Waals surface area contributed by atoms with Gasteiger partial charge in [0, 0.05) is 7.05 Å². The topological polar surface area (TPSA) is 124 Å². The molecule has 1 aromatic heterocycles. The van der Waals surface area contributed by atoms with E-state index in [2.05, 4.69) is 9.50 Å². The van der Waals surface area contributed by atoms with Crippen LogP contribution in [0.4, 0.5) is 0 Å². The Morgan fingerprint density at radius 1 is 1.24 bits per heavy atom. The molecule has 8 nitrogen and oxygen atoms in total. The van der Waals surface area contributed by atoms with Gasteiger partial charge in [0.2, 0.25) is 9.14 Å². The quantitative estimate of drug-likeness (QED) is 0.802. The summed E-state index contributed by atoms with van der Waals surface area (Å²) in [5.74, 6) is -0.281. The van der Waals surface area contributed by atoms with Crippen LogP contribution >= 0.6 is 11.3 Å². The highest BCUT2D eigenvalue weighted by Crippen LogP contribution is 2.08. The Hall–Kier alpha value is -1.56. The highest BCUT2D eigenvalue weighted by molar-refractivity contribution is 7.91. The largest absolute Gasteiger partial charge is 0.267 e. The van der Waals surface area contributed by atoms with E-state index in [1.54, 1.807) is 30.3 Å². The summed E-state index contributed by atoms with van der Waals surface area (Å²) >= 11 is 0.597. The van der Waals surface area contributed by atoms with Crippen LogP contribution in [0.2, 0.25) is 0 Å². The van der Waals surface area contributed by atoms with Crippen molar-refractivity contribution in [2.45, 2.75) is 10.1 Å². The third-order valence-corrected chi connectivity index (χ3v) is 5.91. The van der Waals surface area contributed by atoms with Gasteiger partial charge in [0.05, 0.1) is 5.75 Å². The monoisotopic (exact) mass is 348 g/mol. The molecular formula is C10H12N4O4S3. The summed E-state index contributed by atoms with van der Waals surface area (Å²) < 4.78 is 50.6. The second kappa shape index (κ2) is 5.67. The van der Waals surface area contributed by atoms with Gasteiger partial charge in [-0.3, -0.25) is 0 Å². The van der Waals surface area contributed by atoms with E-state index in [4.69, 9.17) is 5.14 Å². The summed E-state index contributed by atoms with van der Waals surface area (Å²) in [6.07, 6.45) is 0. The van der Waals surface area contributed by atoms with E-state index < -0.39 is 24.4 Å². The van der Waals surface area contributed by atoms with Gasteiger partial charge in [-0.15, -0.1) is 9.50 Å². The summed E-state index contributed by atoms with van der Waals surface area (Å²) in [6.45, 7) is 0. The van der Waals surface area contributed by atoms with Gasteiger partial charge < -0.3 is 0 Å². The Kier molecular flexibility index (Phi) is 4.27. The molecule has 0 radical (unpaired) electrons. The van der Waals surface area contributed by atoms with Crippen molar-refractivity contribution in [3.8, 4) is 0 Å². The fraction of sp³-hybridized carbons (Fsp3) is 0.200. The van der Waals surface area contributed by atoms with Gasteiger partial charge in [0.15, 0.2) is 0 Å². The molecule has 2 N–H and O–H groups in total. The van der Waals surface area contributed by atoms with E-state index >= 15 is 0 Å². The lowest BCUT2D eigenvalue weighted by Crippen LogP contribution is -2.16. The van der Waals surface area contributed by atoms with Gasteiger partial charge in [-0.2, -0.15) is 0 Å². The summed E-state index contributed by atoms with van der Waals surface area (Å²) in [7, 11) is -6.40. The Bertz CT molecular complexity index is 911. The molecule has 0 fully saturated rings. The smallest absolute Gasteiger partial charge is 0.239 e. The third kappa shape index (κ3) is 4.20. The van der Waals surface area contributed by atoms with E-state index in [9.17, 15) is 16.8 Å². The molecule has 21 heavy (non-hydrogen) atoms. The number of aryl methyl sites for hydroxylation is 1. The lowest BCUT2D eigenvalue weighted by molar-refractivity contribution is 0.589. The number of primary sulfonamides is 1. The maximum absolute atomic E-state index is 12.0. The Morgan fingerprint density at radius 3 is 2.38 bits per heavy atom. The normalized spacial score (nSPS) is 13.5. The molecule has 0 spiro atoms. The van der Waals surface area contributed by atoms with Crippen LogP contribution in [0.25, 0.3) is 0 Å². The third-order valence-electron chi connectivity index (χ3n) is 2.34. The Morgan fingerprint density at radius 2 is 1.86 bits per heavy atom. The van der Waals surface area contributed by atoms with Crippen molar-refractivity contribution >= 4 is 31.4 Å². The molecule has 1 aromatic carbocycles. The molecule has 0 amide bonds. The first-order valence-electron chi connectivity index (χ1n) is 5.57. The van der Waals surface area contributed by atoms with Crippen molar-refractivity contribution in [2.24, 2.45) is 16.6 Å². The van der Waals surface area contributed by atoms with Crippen LogP contribution in [0.5, 0.6) is 0 Å². The first-order chi connectivity index (χ1) is 9.67.